The first-order valence-corrected chi connectivity index (χ1v) is 5.35. The van der Waals surface area contributed by atoms with Crippen LogP contribution in [-0.2, 0) is 0 Å². The Morgan fingerprint density at radius 1 is 1.14 bits per heavy atom. The molecule has 0 fully saturated rings. The number of ether oxygens (including phenoxy) is 2. The van der Waals surface area contributed by atoms with Crippen LogP contribution in [-0.4, -0.2) is 40.8 Å². The van der Waals surface area contributed by atoms with Gasteiger partial charge in [-0.3, -0.25) is 0 Å². The maximum absolute atomic E-state index is 5.54. The second-order valence-electron chi connectivity index (χ2n) is 2.13. The van der Waals surface area contributed by atoms with E-state index in [1.807, 2.05) is 0 Å². The molecule has 0 aliphatic carbocycles. The Morgan fingerprint density at radius 3 is 2.14 bits per heavy atom. The van der Waals surface area contributed by atoms with E-state index in [1.165, 1.54) is 26.0 Å². The molecule has 14 heavy (non-hydrogen) atoms. The van der Waals surface area contributed by atoms with Gasteiger partial charge in [0.15, 0.2) is 5.16 Å². The van der Waals surface area contributed by atoms with Crippen LogP contribution in [0.15, 0.2) is 5.16 Å². The molecule has 78 valence electrons. The highest BCUT2D eigenvalue weighted by molar-refractivity contribution is 7.99. The Hall–Kier alpha value is -0.750. The Morgan fingerprint density at radius 2 is 1.71 bits per heavy atom. The topological polar surface area (TPSA) is 57.1 Å². The Balaban J connectivity index is 2.81. The lowest BCUT2D eigenvalue weighted by Gasteiger charge is -2.03. The molecule has 0 atom stereocenters. The molecular formula is C7H10ClN3O2S. The van der Waals surface area contributed by atoms with Gasteiger partial charge in [-0.05, 0) is 0 Å². The molecule has 0 saturated heterocycles. The molecule has 1 aromatic rings. The van der Waals surface area contributed by atoms with Crippen molar-refractivity contribution in [1.82, 2.24) is 15.0 Å². The van der Waals surface area contributed by atoms with Crippen LogP contribution in [0.2, 0.25) is 0 Å². The van der Waals surface area contributed by atoms with Crippen molar-refractivity contribution in [3.63, 3.8) is 0 Å². The van der Waals surface area contributed by atoms with Crippen LogP contribution in [0.25, 0.3) is 0 Å². The number of alkyl halides is 1. The highest BCUT2D eigenvalue weighted by atomic mass is 35.5. The zero-order valence-electron chi connectivity index (χ0n) is 7.86. The van der Waals surface area contributed by atoms with E-state index in [4.69, 9.17) is 21.1 Å². The van der Waals surface area contributed by atoms with Gasteiger partial charge in [-0.2, -0.15) is 9.97 Å². The lowest BCUT2D eigenvalue weighted by atomic mass is 10.9. The standard InChI is InChI=1S/C7H10ClN3O2S/c1-12-5-9-6(13-2)11-7(10-5)14-4-3-8/h3-4H2,1-2H3. The maximum Gasteiger partial charge on any atom is 0.323 e. The van der Waals surface area contributed by atoms with E-state index < -0.39 is 0 Å². The Bertz CT molecular complexity index is 278. The van der Waals surface area contributed by atoms with Crippen LogP contribution in [0.4, 0.5) is 0 Å². The van der Waals surface area contributed by atoms with Crippen LogP contribution in [0.3, 0.4) is 0 Å². The second-order valence-corrected chi connectivity index (χ2v) is 3.57. The molecule has 0 radical (unpaired) electrons. The summed E-state index contributed by atoms with van der Waals surface area (Å²) in [5, 5.41) is 0.550. The molecule has 1 heterocycles. The Labute approximate surface area is 91.2 Å². The average Bonchev–Trinajstić information content (AvgIpc) is 2.25. The molecule has 0 aromatic carbocycles. The van der Waals surface area contributed by atoms with Gasteiger partial charge in [0.2, 0.25) is 0 Å². The number of hydrogen-bond donors (Lipinski definition) is 0. The molecule has 0 aliphatic rings. The normalized spacial score (nSPS) is 9.93. The molecule has 1 rings (SSSR count). The molecular weight excluding hydrogens is 226 g/mol. The first-order valence-electron chi connectivity index (χ1n) is 3.83. The third kappa shape index (κ3) is 3.19. The fraction of sp³-hybridized carbons (Fsp3) is 0.571. The fourth-order valence-corrected chi connectivity index (χ4v) is 1.47. The summed E-state index contributed by atoms with van der Waals surface area (Å²) in [4.78, 5) is 11.9. The zero-order chi connectivity index (χ0) is 10.4. The first-order chi connectivity index (χ1) is 6.80. The predicted molar refractivity (Wildman–Crippen MR) is 54.4 cm³/mol. The predicted octanol–water partition coefficient (Wildman–Crippen LogP) is 1.22. The van der Waals surface area contributed by atoms with Crippen LogP contribution in [0.1, 0.15) is 0 Å². The molecule has 0 unspecified atom stereocenters. The summed E-state index contributed by atoms with van der Waals surface area (Å²) >= 11 is 6.97. The summed E-state index contributed by atoms with van der Waals surface area (Å²) < 4.78 is 9.78. The van der Waals surface area contributed by atoms with Crippen molar-refractivity contribution in [3.05, 3.63) is 0 Å². The summed E-state index contributed by atoms with van der Waals surface area (Å²) in [6, 6.07) is 0.489. The number of thioether (sulfide) groups is 1. The lowest BCUT2D eigenvalue weighted by Crippen LogP contribution is -2.00. The van der Waals surface area contributed by atoms with Gasteiger partial charge in [0.25, 0.3) is 0 Å². The lowest BCUT2D eigenvalue weighted by molar-refractivity contribution is 0.332. The van der Waals surface area contributed by atoms with Crippen molar-refractivity contribution >= 4 is 23.4 Å². The van der Waals surface area contributed by atoms with Gasteiger partial charge in [-0.1, -0.05) is 11.8 Å². The van der Waals surface area contributed by atoms with Gasteiger partial charge in [0, 0.05) is 11.6 Å². The van der Waals surface area contributed by atoms with Gasteiger partial charge in [0.1, 0.15) is 0 Å². The van der Waals surface area contributed by atoms with Crippen molar-refractivity contribution in [3.8, 4) is 12.0 Å². The molecule has 5 nitrogen and oxygen atoms in total. The van der Waals surface area contributed by atoms with Gasteiger partial charge < -0.3 is 9.47 Å². The van der Waals surface area contributed by atoms with Gasteiger partial charge >= 0.3 is 12.0 Å². The molecule has 0 amide bonds. The van der Waals surface area contributed by atoms with Crippen LogP contribution >= 0.6 is 23.4 Å². The zero-order valence-corrected chi connectivity index (χ0v) is 9.43. The third-order valence-electron chi connectivity index (χ3n) is 1.25. The molecule has 0 saturated carbocycles. The van der Waals surface area contributed by atoms with Crippen molar-refractivity contribution in [1.29, 1.82) is 0 Å². The van der Waals surface area contributed by atoms with Crippen molar-refractivity contribution in [2.45, 2.75) is 5.16 Å². The second kappa shape index (κ2) is 5.87. The summed E-state index contributed by atoms with van der Waals surface area (Å²) in [5.41, 5.74) is 0. The van der Waals surface area contributed by atoms with E-state index in [9.17, 15) is 0 Å². The van der Waals surface area contributed by atoms with Crippen LogP contribution in [0.5, 0.6) is 12.0 Å². The Kier molecular flexibility index (Phi) is 4.75. The van der Waals surface area contributed by atoms with E-state index in [2.05, 4.69) is 15.0 Å². The molecule has 7 heteroatoms. The van der Waals surface area contributed by atoms with E-state index in [1.54, 1.807) is 0 Å². The number of nitrogens with zero attached hydrogens (tertiary/aromatic N) is 3. The summed E-state index contributed by atoms with van der Waals surface area (Å²) in [7, 11) is 2.98. The minimum absolute atomic E-state index is 0.244. The highest BCUT2D eigenvalue weighted by Gasteiger charge is 2.06. The molecule has 0 N–H and O–H groups in total. The van der Waals surface area contributed by atoms with Gasteiger partial charge in [0.05, 0.1) is 14.2 Å². The van der Waals surface area contributed by atoms with E-state index in [0.29, 0.717) is 11.0 Å². The average molecular weight is 236 g/mol. The molecule has 0 bridgehead atoms. The monoisotopic (exact) mass is 235 g/mol. The van der Waals surface area contributed by atoms with E-state index in [0.717, 1.165) is 5.75 Å². The summed E-state index contributed by atoms with van der Waals surface area (Å²) in [5.74, 6) is 1.28. The largest absolute Gasteiger partial charge is 0.467 e. The maximum atomic E-state index is 5.54. The van der Waals surface area contributed by atoms with Crippen LogP contribution in [0, 0.1) is 0 Å². The third-order valence-corrected chi connectivity index (χ3v) is 2.51. The van der Waals surface area contributed by atoms with Gasteiger partial charge in [-0.15, -0.1) is 16.6 Å². The van der Waals surface area contributed by atoms with E-state index in [-0.39, 0.29) is 12.0 Å². The summed E-state index contributed by atoms with van der Waals surface area (Å²) in [6.45, 7) is 0. The molecule has 0 aliphatic heterocycles. The first kappa shape index (κ1) is 11.3. The number of hydrogen-bond acceptors (Lipinski definition) is 6. The van der Waals surface area contributed by atoms with Crippen molar-refractivity contribution < 1.29 is 9.47 Å². The SMILES string of the molecule is COc1nc(OC)nc(SCCCl)n1. The smallest absolute Gasteiger partial charge is 0.323 e. The quantitative estimate of drug-likeness (QED) is 0.565. The molecule has 0 spiro atoms. The van der Waals surface area contributed by atoms with Gasteiger partial charge in [-0.25, -0.2) is 0 Å². The van der Waals surface area contributed by atoms with Crippen LogP contribution < -0.4 is 9.47 Å². The fourth-order valence-electron chi connectivity index (χ4n) is 0.697. The molecule has 1 aromatic heterocycles. The minimum Gasteiger partial charge on any atom is -0.467 e. The number of rotatable bonds is 5. The number of halogens is 1. The number of aromatic nitrogens is 3. The summed E-state index contributed by atoms with van der Waals surface area (Å²) in [6.07, 6.45) is 0. The van der Waals surface area contributed by atoms with Crippen molar-refractivity contribution in [2.24, 2.45) is 0 Å². The van der Waals surface area contributed by atoms with Crippen molar-refractivity contribution in [2.75, 3.05) is 25.9 Å². The number of methoxy groups -OCH3 is 2. The minimum atomic E-state index is 0.244. The highest BCUT2D eigenvalue weighted by Crippen LogP contribution is 2.18. The van der Waals surface area contributed by atoms with E-state index >= 15 is 0 Å².